The van der Waals surface area contributed by atoms with Gasteiger partial charge in [0.05, 0.1) is 12.0 Å². The lowest BCUT2D eigenvalue weighted by Crippen LogP contribution is -2.76. The van der Waals surface area contributed by atoms with E-state index in [9.17, 15) is 24.0 Å². The van der Waals surface area contributed by atoms with Gasteiger partial charge in [0.25, 0.3) is 5.91 Å². The zero-order valence-electron chi connectivity index (χ0n) is 23.7. The van der Waals surface area contributed by atoms with Crippen molar-refractivity contribution in [3.63, 3.8) is 0 Å². The van der Waals surface area contributed by atoms with Crippen LogP contribution in [-0.4, -0.2) is 63.4 Å². The standard InChI is InChI=1S/C31H31N3O8S/c1-31(2,3)42-30(39)33-22(21-15-10-16-40-21)26(36)32-23-27(37)34-24(20(35)17-43-28(23)34)29(38)41-25(18-11-6-4-7-12-18)19-13-8-5-9-14-19/h4-16,22-25,28H,17H2,1-3H3,(H,32,36)(H,33,39)/t22?,23-,24?,28+/m1/s1. The predicted molar refractivity (Wildman–Crippen MR) is 155 cm³/mol. The minimum absolute atomic E-state index is 0.0559. The van der Waals surface area contributed by atoms with Gasteiger partial charge in [0.2, 0.25) is 5.91 Å². The van der Waals surface area contributed by atoms with Crippen molar-refractivity contribution >= 4 is 41.4 Å². The molecule has 224 valence electrons. The SMILES string of the molecule is CC(C)(C)OC(=O)NC(C(=O)N[C@@H]1C(=O)N2C(C(=O)OC(c3ccccc3)c3ccccc3)C(=O)CS[C@@H]12)c1ccco1. The van der Waals surface area contributed by atoms with Gasteiger partial charge in [-0.3, -0.25) is 14.4 Å². The van der Waals surface area contributed by atoms with Crippen molar-refractivity contribution in [3.8, 4) is 0 Å². The molecule has 3 aromatic rings. The maximum absolute atomic E-state index is 13.5. The molecule has 2 aliphatic heterocycles. The molecule has 3 amide bonds. The van der Waals surface area contributed by atoms with Crippen LogP contribution in [0.4, 0.5) is 4.79 Å². The minimum atomic E-state index is -1.46. The number of benzene rings is 2. The molecule has 11 nitrogen and oxygen atoms in total. The molecule has 2 N–H and O–H groups in total. The van der Waals surface area contributed by atoms with Crippen LogP contribution < -0.4 is 10.6 Å². The molecule has 0 saturated carbocycles. The van der Waals surface area contributed by atoms with E-state index >= 15 is 0 Å². The van der Waals surface area contributed by atoms with Crippen LogP contribution in [-0.2, 0) is 28.7 Å². The van der Waals surface area contributed by atoms with Crippen molar-refractivity contribution in [2.24, 2.45) is 0 Å². The van der Waals surface area contributed by atoms with Gasteiger partial charge in [0, 0.05) is 0 Å². The Morgan fingerprint density at radius 3 is 2.14 bits per heavy atom. The number of nitrogens with zero attached hydrogens (tertiary/aromatic N) is 1. The number of ether oxygens (including phenoxy) is 2. The van der Waals surface area contributed by atoms with Crippen molar-refractivity contribution in [1.82, 2.24) is 15.5 Å². The number of hydrogen-bond acceptors (Lipinski definition) is 9. The third kappa shape index (κ3) is 6.59. The van der Waals surface area contributed by atoms with Gasteiger partial charge in [0.1, 0.15) is 22.8 Å². The van der Waals surface area contributed by atoms with E-state index in [0.717, 1.165) is 16.7 Å². The summed E-state index contributed by atoms with van der Waals surface area (Å²) in [5.41, 5.74) is 0.601. The second-order valence-electron chi connectivity index (χ2n) is 11.0. The second kappa shape index (κ2) is 12.3. The van der Waals surface area contributed by atoms with Crippen LogP contribution in [0, 0.1) is 0 Å². The number of fused-ring (bicyclic) bond motifs is 1. The molecule has 0 spiro atoms. The monoisotopic (exact) mass is 605 g/mol. The largest absolute Gasteiger partial charge is 0.467 e. The topological polar surface area (TPSA) is 144 Å². The highest BCUT2D eigenvalue weighted by atomic mass is 32.2. The molecule has 1 aromatic heterocycles. The van der Waals surface area contributed by atoms with Gasteiger partial charge in [0.15, 0.2) is 24.0 Å². The van der Waals surface area contributed by atoms with Gasteiger partial charge < -0.3 is 29.4 Å². The molecule has 2 saturated heterocycles. The summed E-state index contributed by atoms with van der Waals surface area (Å²) in [4.78, 5) is 66.8. The van der Waals surface area contributed by atoms with Crippen molar-refractivity contribution in [3.05, 3.63) is 95.9 Å². The van der Waals surface area contributed by atoms with Crippen LogP contribution in [0.15, 0.2) is 83.5 Å². The van der Waals surface area contributed by atoms with Crippen LogP contribution in [0.2, 0.25) is 0 Å². The highest BCUT2D eigenvalue weighted by Gasteiger charge is 2.58. The predicted octanol–water partition coefficient (Wildman–Crippen LogP) is 3.52. The summed E-state index contributed by atoms with van der Waals surface area (Å²) < 4.78 is 16.5. The summed E-state index contributed by atoms with van der Waals surface area (Å²) >= 11 is 1.14. The maximum Gasteiger partial charge on any atom is 0.408 e. The zero-order chi connectivity index (χ0) is 30.7. The van der Waals surface area contributed by atoms with Crippen LogP contribution in [0.1, 0.15) is 49.8 Å². The number of hydrogen-bond donors (Lipinski definition) is 2. The highest BCUT2D eigenvalue weighted by molar-refractivity contribution is 8.00. The maximum atomic E-state index is 13.5. The summed E-state index contributed by atoms with van der Waals surface area (Å²) in [6.45, 7) is 5.04. The Hall–Kier alpha value is -4.58. The van der Waals surface area contributed by atoms with E-state index in [1.54, 1.807) is 26.8 Å². The molecule has 2 fully saturated rings. The number of Topliss-reactive ketones (excluding diaryl/α,β-unsaturated/α-hetero) is 1. The van der Waals surface area contributed by atoms with Gasteiger partial charge in [-0.05, 0) is 44.0 Å². The Balaban J connectivity index is 1.31. The summed E-state index contributed by atoms with van der Waals surface area (Å²) in [6.07, 6.45) is -0.299. The van der Waals surface area contributed by atoms with E-state index in [4.69, 9.17) is 13.9 Å². The lowest BCUT2D eigenvalue weighted by Gasteiger charge is -2.51. The van der Waals surface area contributed by atoms with Gasteiger partial charge in [-0.2, -0.15) is 0 Å². The molecule has 12 heteroatoms. The average Bonchev–Trinajstić information content (AvgIpc) is 3.52. The van der Waals surface area contributed by atoms with Gasteiger partial charge >= 0.3 is 12.1 Å². The number of furan rings is 1. The van der Waals surface area contributed by atoms with Crippen molar-refractivity contribution in [1.29, 1.82) is 0 Å². The van der Waals surface area contributed by atoms with Crippen LogP contribution >= 0.6 is 11.8 Å². The molecule has 0 radical (unpaired) electrons. The van der Waals surface area contributed by atoms with Crippen molar-refractivity contribution < 1.29 is 37.9 Å². The van der Waals surface area contributed by atoms with E-state index in [0.29, 0.717) is 11.1 Å². The number of amides is 3. The summed E-state index contributed by atoms with van der Waals surface area (Å²) in [6, 6.07) is 17.5. The van der Waals surface area contributed by atoms with Gasteiger partial charge in [-0.25, -0.2) is 9.59 Å². The molecule has 2 unspecified atom stereocenters. The van der Waals surface area contributed by atoms with Gasteiger partial charge in [-0.15, -0.1) is 11.8 Å². The number of carbonyl (C=O) groups is 5. The second-order valence-corrected chi connectivity index (χ2v) is 12.1. The summed E-state index contributed by atoms with van der Waals surface area (Å²) in [5.74, 6) is -2.58. The van der Waals surface area contributed by atoms with Crippen LogP contribution in [0.3, 0.4) is 0 Å². The van der Waals surface area contributed by atoms with E-state index in [2.05, 4.69) is 10.6 Å². The number of nitrogens with one attached hydrogen (secondary N) is 2. The number of ketones is 1. The van der Waals surface area contributed by atoms with Crippen molar-refractivity contribution in [2.45, 2.75) is 56.0 Å². The lowest BCUT2D eigenvalue weighted by molar-refractivity contribution is -0.170. The Bertz CT molecular complexity index is 1450. The first-order valence-electron chi connectivity index (χ1n) is 13.6. The molecule has 2 aromatic carbocycles. The first kappa shape index (κ1) is 29.9. The van der Waals surface area contributed by atoms with E-state index in [-0.39, 0.29) is 11.5 Å². The number of rotatable bonds is 8. The van der Waals surface area contributed by atoms with Crippen LogP contribution in [0.25, 0.3) is 0 Å². The van der Waals surface area contributed by atoms with Crippen LogP contribution in [0.5, 0.6) is 0 Å². The summed E-state index contributed by atoms with van der Waals surface area (Å²) in [7, 11) is 0. The number of carbonyl (C=O) groups excluding carboxylic acids is 5. The smallest absolute Gasteiger partial charge is 0.408 e. The Kier molecular flexibility index (Phi) is 8.58. The molecule has 43 heavy (non-hydrogen) atoms. The summed E-state index contributed by atoms with van der Waals surface area (Å²) in [5, 5.41) is 4.42. The third-order valence-electron chi connectivity index (χ3n) is 6.77. The quantitative estimate of drug-likeness (QED) is 0.224. The molecule has 0 aliphatic carbocycles. The molecular formula is C31H31N3O8S. The third-order valence-corrected chi connectivity index (χ3v) is 8.06. The molecular weight excluding hydrogens is 574 g/mol. The molecule has 0 bridgehead atoms. The Labute approximate surface area is 252 Å². The van der Waals surface area contributed by atoms with E-state index < -0.39 is 64.9 Å². The molecule has 3 heterocycles. The fraction of sp³-hybridized carbons (Fsp3) is 0.323. The molecule has 2 aliphatic rings. The number of alkyl carbamates (subject to hydrolysis) is 1. The van der Waals surface area contributed by atoms with E-state index in [1.165, 1.54) is 12.3 Å². The fourth-order valence-corrected chi connectivity index (χ4v) is 6.12. The van der Waals surface area contributed by atoms with Gasteiger partial charge in [-0.1, -0.05) is 60.7 Å². The number of thioether (sulfide) groups is 1. The average molecular weight is 606 g/mol. The molecule has 5 rings (SSSR count). The number of β-lactam (4-membered cyclic amide) rings is 1. The number of esters is 1. The van der Waals surface area contributed by atoms with Crippen molar-refractivity contribution in [2.75, 3.05) is 5.75 Å². The fourth-order valence-electron chi connectivity index (χ4n) is 4.86. The zero-order valence-corrected chi connectivity index (χ0v) is 24.5. The Morgan fingerprint density at radius 1 is 0.953 bits per heavy atom. The first-order valence-corrected chi connectivity index (χ1v) is 14.7. The minimum Gasteiger partial charge on any atom is -0.467 e. The first-order chi connectivity index (χ1) is 20.5. The Morgan fingerprint density at radius 2 is 1.58 bits per heavy atom. The highest BCUT2D eigenvalue weighted by Crippen LogP contribution is 2.38. The lowest BCUT2D eigenvalue weighted by atomic mass is 9.98. The van der Waals surface area contributed by atoms with E-state index in [1.807, 2.05) is 60.7 Å². The normalized spacial score (nSPS) is 20.5. The molecule has 4 atom stereocenters.